The summed E-state index contributed by atoms with van der Waals surface area (Å²) < 4.78 is 28.7. The van der Waals surface area contributed by atoms with Gasteiger partial charge in [-0.25, -0.2) is 8.78 Å². The van der Waals surface area contributed by atoms with E-state index >= 15 is 0 Å². The van der Waals surface area contributed by atoms with Gasteiger partial charge in [0.05, 0.1) is 12.7 Å². The van der Waals surface area contributed by atoms with E-state index in [1.807, 2.05) is 18.2 Å². The second kappa shape index (κ2) is 5.36. The van der Waals surface area contributed by atoms with Crippen molar-refractivity contribution < 1.29 is 8.78 Å². The molecule has 0 radical (unpaired) electrons. The number of hydrogen-bond donors (Lipinski definition) is 1. The Morgan fingerprint density at radius 3 is 2.43 bits per heavy atom. The van der Waals surface area contributed by atoms with Crippen molar-refractivity contribution in [1.82, 2.24) is 9.78 Å². The third-order valence-electron chi connectivity index (χ3n) is 3.24. The molecule has 0 bridgehead atoms. The maximum atomic E-state index is 13.6. The van der Waals surface area contributed by atoms with Crippen LogP contribution >= 0.6 is 0 Å². The molecule has 5 heteroatoms. The third kappa shape index (κ3) is 2.76. The minimum absolute atomic E-state index is 0.000254. The highest BCUT2D eigenvalue weighted by Crippen LogP contribution is 2.21. The lowest BCUT2D eigenvalue weighted by molar-refractivity contribution is 0.533. The summed E-state index contributed by atoms with van der Waals surface area (Å²) in [5.41, 5.74) is 8.15. The standard InChI is InChI=1S/C16H13F2N3/c17-15-5-2-6-16(18)14(15)10-21-9-12(8-20-21)11-3-1-4-13(19)7-11/h1-9H,10,19H2. The second-order valence-corrected chi connectivity index (χ2v) is 4.75. The van der Waals surface area contributed by atoms with Gasteiger partial charge in [0.2, 0.25) is 0 Å². The Kier molecular flexibility index (Phi) is 3.39. The molecule has 3 aromatic rings. The van der Waals surface area contributed by atoms with E-state index in [2.05, 4.69) is 5.10 Å². The number of halogens is 2. The van der Waals surface area contributed by atoms with Gasteiger partial charge in [0.1, 0.15) is 11.6 Å². The molecule has 3 rings (SSSR count). The normalized spacial score (nSPS) is 10.8. The van der Waals surface area contributed by atoms with Gasteiger partial charge >= 0.3 is 0 Å². The first-order chi connectivity index (χ1) is 10.1. The van der Waals surface area contributed by atoms with Gasteiger partial charge < -0.3 is 5.73 Å². The number of hydrogen-bond acceptors (Lipinski definition) is 2. The predicted octanol–water partition coefficient (Wildman–Crippen LogP) is 3.46. The number of nitrogen functional groups attached to an aromatic ring is 1. The van der Waals surface area contributed by atoms with E-state index in [-0.39, 0.29) is 12.1 Å². The van der Waals surface area contributed by atoms with Crippen molar-refractivity contribution >= 4 is 5.69 Å². The van der Waals surface area contributed by atoms with Crippen LogP contribution in [-0.2, 0) is 6.54 Å². The summed E-state index contributed by atoms with van der Waals surface area (Å²) in [5, 5.41) is 4.14. The van der Waals surface area contributed by atoms with Crippen LogP contribution in [0.3, 0.4) is 0 Å². The number of anilines is 1. The first kappa shape index (κ1) is 13.3. The third-order valence-corrected chi connectivity index (χ3v) is 3.24. The van der Waals surface area contributed by atoms with Crippen LogP contribution in [0.2, 0.25) is 0 Å². The maximum Gasteiger partial charge on any atom is 0.131 e. The van der Waals surface area contributed by atoms with Gasteiger partial charge in [0, 0.05) is 23.0 Å². The Hall–Kier alpha value is -2.69. The molecule has 0 saturated carbocycles. The Morgan fingerprint density at radius 1 is 1.00 bits per heavy atom. The Balaban J connectivity index is 1.89. The molecule has 0 aliphatic heterocycles. The predicted molar refractivity (Wildman–Crippen MR) is 77.5 cm³/mol. The average molecular weight is 285 g/mol. The van der Waals surface area contributed by atoms with Crippen LogP contribution in [0.1, 0.15) is 5.56 Å². The van der Waals surface area contributed by atoms with Crippen molar-refractivity contribution in [3.63, 3.8) is 0 Å². The molecule has 0 fully saturated rings. The summed E-state index contributed by atoms with van der Waals surface area (Å²) in [6.07, 6.45) is 3.38. The lowest BCUT2D eigenvalue weighted by atomic mass is 10.1. The monoisotopic (exact) mass is 285 g/mol. The molecule has 2 aromatic carbocycles. The van der Waals surface area contributed by atoms with Crippen LogP contribution < -0.4 is 5.73 Å². The summed E-state index contributed by atoms with van der Waals surface area (Å²) in [7, 11) is 0. The summed E-state index contributed by atoms with van der Waals surface area (Å²) in [6, 6.07) is 11.2. The highest BCUT2D eigenvalue weighted by Gasteiger charge is 2.10. The summed E-state index contributed by atoms with van der Waals surface area (Å²) in [6.45, 7) is 0.0425. The highest BCUT2D eigenvalue weighted by atomic mass is 19.1. The van der Waals surface area contributed by atoms with E-state index in [1.54, 1.807) is 18.5 Å². The molecule has 0 aliphatic carbocycles. The molecular formula is C16H13F2N3. The fourth-order valence-electron chi connectivity index (χ4n) is 2.16. The molecule has 1 heterocycles. The van der Waals surface area contributed by atoms with Crippen molar-refractivity contribution in [1.29, 1.82) is 0 Å². The molecule has 0 aliphatic rings. The lowest BCUT2D eigenvalue weighted by Crippen LogP contribution is -2.04. The van der Waals surface area contributed by atoms with E-state index in [1.165, 1.54) is 22.9 Å². The van der Waals surface area contributed by atoms with Gasteiger partial charge in [-0.2, -0.15) is 5.10 Å². The molecule has 1 aromatic heterocycles. The maximum absolute atomic E-state index is 13.6. The van der Waals surface area contributed by atoms with Crippen LogP contribution in [0.4, 0.5) is 14.5 Å². The lowest BCUT2D eigenvalue weighted by Gasteiger charge is -2.04. The molecule has 0 spiro atoms. The summed E-state index contributed by atoms with van der Waals surface area (Å²) >= 11 is 0. The van der Waals surface area contributed by atoms with E-state index in [4.69, 9.17) is 5.73 Å². The minimum Gasteiger partial charge on any atom is -0.399 e. The van der Waals surface area contributed by atoms with Gasteiger partial charge in [-0.3, -0.25) is 4.68 Å². The van der Waals surface area contributed by atoms with E-state index < -0.39 is 11.6 Å². The smallest absolute Gasteiger partial charge is 0.131 e. The molecule has 21 heavy (non-hydrogen) atoms. The zero-order valence-corrected chi connectivity index (χ0v) is 11.1. The molecule has 0 amide bonds. The molecule has 106 valence electrons. The minimum atomic E-state index is -0.573. The molecule has 0 atom stereocenters. The number of rotatable bonds is 3. The van der Waals surface area contributed by atoms with Crippen LogP contribution in [-0.4, -0.2) is 9.78 Å². The van der Waals surface area contributed by atoms with Crippen molar-refractivity contribution in [3.8, 4) is 11.1 Å². The first-order valence-corrected chi connectivity index (χ1v) is 6.45. The molecule has 0 saturated heterocycles. The molecule has 2 N–H and O–H groups in total. The second-order valence-electron chi connectivity index (χ2n) is 4.75. The zero-order valence-electron chi connectivity index (χ0n) is 11.1. The van der Waals surface area contributed by atoms with Gasteiger partial charge in [-0.15, -0.1) is 0 Å². The van der Waals surface area contributed by atoms with Gasteiger partial charge in [0.25, 0.3) is 0 Å². The zero-order chi connectivity index (χ0) is 14.8. The Bertz CT molecular complexity index is 760. The Morgan fingerprint density at radius 2 is 1.71 bits per heavy atom. The van der Waals surface area contributed by atoms with E-state index in [0.717, 1.165) is 11.1 Å². The van der Waals surface area contributed by atoms with Crippen molar-refractivity contribution in [3.05, 3.63) is 72.1 Å². The fourth-order valence-corrected chi connectivity index (χ4v) is 2.16. The quantitative estimate of drug-likeness (QED) is 0.749. The number of nitrogens with zero attached hydrogens (tertiary/aromatic N) is 2. The SMILES string of the molecule is Nc1cccc(-c2cnn(Cc3c(F)cccc3F)c2)c1. The summed E-state index contributed by atoms with van der Waals surface area (Å²) in [5.74, 6) is -1.15. The summed E-state index contributed by atoms with van der Waals surface area (Å²) in [4.78, 5) is 0. The fraction of sp³-hybridized carbons (Fsp3) is 0.0625. The molecule has 3 nitrogen and oxygen atoms in total. The van der Waals surface area contributed by atoms with Crippen LogP contribution in [0, 0.1) is 11.6 Å². The van der Waals surface area contributed by atoms with E-state index in [9.17, 15) is 8.78 Å². The van der Waals surface area contributed by atoms with Gasteiger partial charge in [-0.1, -0.05) is 18.2 Å². The van der Waals surface area contributed by atoms with Crippen molar-refractivity contribution in [2.75, 3.05) is 5.73 Å². The van der Waals surface area contributed by atoms with Crippen LogP contribution in [0.25, 0.3) is 11.1 Å². The number of nitrogens with two attached hydrogens (primary N) is 1. The largest absolute Gasteiger partial charge is 0.399 e. The number of benzene rings is 2. The molecular weight excluding hydrogens is 272 g/mol. The topological polar surface area (TPSA) is 43.8 Å². The average Bonchev–Trinajstić information content (AvgIpc) is 2.92. The van der Waals surface area contributed by atoms with Crippen LogP contribution in [0.5, 0.6) is 0 Å². The van der Waals surface area contributed by atoms with E-state index in [0.29, 0.717) is 5.69 Å². The Labute approximate surface area is 120 Å². The highest BCUT2D eigenvalue weighted by molar-refractivity contribution is 5.65. The van der Waals surface area contributed by atoms with Crippen molar-refractivity contribution in [2.24, 2.45) is 0 Å². The van der Waals surface area contributed by atoms with Gasteiger partial charge in [0.15, 0.2) is 0 Å². The van der Waals surface area contributed by atoms with Crippen LogP contribution in [0.15, 0.2) is 54.9 Å². The van der Waals surface area contributed by atoms with Gasteiger partial charge in [-0.05, 0) is 29.8 Å². The number of aromatic nitrogens is 2. The van der Waals surface area contributed by atoms with Crippen molar-refractivity contribution in [2.45, 2.75) is 6.54 Å². The first-order valence-electron chi connectivity index (χ1n) is 6.45. The molecule has 0 unspecified atom stereocenters.